The van der Waals surface area contributed by atoms with Crippen LogP contribution < -0.4 is 34.6 Å². The smallest absolute Gasteiger partial charge is 0.744 e. The predicted molar refractivity (Wildman–Crippen MR) is 100 cm³/mol. The second kappa shape index (κ2) is 9.24. The van der Waals surface area contributed by atoms with Crippen molar-refractivity contribution in [3.8, 4) is 0 Å². The first-order valence-electron chi connectivity index (χ1n) is 7.81. The molecule has 0 saturated carbocycles. The van der Waals surface area contributed by atoms with Crippen molar-refractivity contribution in [1.82, 2.24) is 0 Å². The van der Waals surface area contributed by atoms with Gasteiger partial charge in [-0.2, -0.15) is 20.3 Å². The molecule has 3 rings (SSSR count). The summed E-state index contributed by atoms with van der Waals surface area (Å²) in [6.45, 7) is 1.55. The normalized spacial score (nSPS) is 16.7. The summed E-state index contributed by atoms with van der Waals surface area (Å²) in [5, 5.41) is 12.9. The molecule has 1 atom stereocenters. The number of hydrogen-bond acceptors (Lipinski definition) is 8. The fourth-order valence-corrected chi connectivity index (χ4v) is 3.15. The Morgan fingerprint density at radius 2 is 1.97 bits per heavy atom. The zero-order chi connectivity index (χ0) is 20.5. The predicted octanol–water partition coefficient (Wildman–Crippen LogP) is -0.0644. The van der Waals surface area contributed by atoms with Gasteiger partial charge in [0, 0.05) is 5.56 Å². The summed E-state index contributed by atoms with van der Waals surface area (Å²) in [5.74, 6) is -0.616. The van der Waals surface area contributed by atoms with Gasteiger partial charge in [-0.25, -0.2) is 8.42 Å². The molecule has 12 heteroatoms. The summed E-state index contributed by atoms with van der Waals surface area (Å²) in [5.41, 5.74) is 1.03. The van der Waals surface area contributed by atoms with Gasteiger partial charge in [0.15, 0.2) is 6.04 Å². The molecule has 1 amide bonds. The quantitative estimate of drug-likeness (QED) is 0.277. The van der Waals surface area contributed by atoms with Crippen LogP contribution in [0, 0.1) is 0 Å². The number of amides is 1. The maximum Gasteiger partial charge on any atom is 1.00 e. The van der Waals surface area contributed by atoms with Crippen LogP contribution in [0.1, 0.15) is 17.3 Å². The van der Waals surface area contributed by atoms with E-state index in [1.54, 1.807) is 25.1 Å². The Kier molecular flexibility index (Phi) is 7.44. The van der Waals surface area contributed by atoms with Crippen molar-refractivity contribution < 1.29 is 52.1 Å². The monoisotopic (exact) mass is 442 g/mol. The van der Waals surface area contributed by atoms with E-state index in [0.29, 0.717) is 23.2 Å². The number of hydrazone groups is 1. The fourth-order valence-electron chi connectivity index (χ4n) is 2.46. The Labute approximate surface area is 193 Å². The summed E-state index contributed by atoms with van der Waals surface area (Å²) in [6.07, 6.45) is 0.660. The fraction of sp³-hybridized carbons (Fsp3) is 0.118. The Hall–Kier alpha value is -1.95. The van der Waals surface area contributed by atoms with E-state index < -0.39 is 27.0 Å². The van der Waals surface area contributed by atoms with E-state index in [-0.39, 0.29) is 40.3 Å². The van der Waals surface area contributed by atoms with Crippen molar-refractivity contribution >= 4 is 51.0 Å². The molecule has 0 bridgehead atoms. The molecule has 1 unspecified atom stereocenters. The molecule has 0 spiro atoms. The number of carbonyl (C=O) groups excluding carboxylic acids is 2. The molecule has 0 aromatic heterocycles. The molecule has 9 nitrogen and oxygen atoms in total. The third kappa shape index (κ3) is 5.16. The van der Waals surface area contributed by atoms with Crippen LogP contribution in [0.3, 0.4) is 0 Å². The molecule has 2 aromatic rings. The van der Waals surface area contributed by atoms with E-state index in [9.17, 15) is 22.6 Å². The number of azo groups is 1. The number of benzene rings is 2. The molecule has 0 aliphatic carbocycles. The molecule has 0 fully saturated rings. The Balaban J connectivity index is 0.00000300. The molecule has 1 aliphatic heterocycles. The number of nitrogens with zero attached hydrogens (tertiary/aromatic N) is 4. The standard InChI is InChI=1S/C17H13ClN4O5S.Na/c1-10-16(20-19-12-4-2-3-11(7-12)9-23)17(24)22(21-10)15-8-13(28(25,26)27)5-6-14(15)18;/h2-9,16H,1H3,(H,25,26,27);/q;+1/p-1. The van der Waals surface area contributed by atoms with Crippen molar-refractivity contribution in [2.24, 2.45) is 15.3 Å². The van der Waals surface area contributed by atoms with Gasteiger partial charge in [0.05, 0.1) is 27.0 Å². The van der Waals surface area contributed by atoms with E-state index in [2.05, 4.69) is 15.3 Å². The average Bonchev–Trinajstić information content (AvgIpc) is 2.93. The average molecular weight is 443 g/mol. The molecule has 1 aliphatic rings. The van der Waals surface area contributed by atoms with E-state index in [1.165, 1.54) is 12.1 Å². The topological polar surface area (TPSA) is 132 Å². The van der Waals surface area contributed by atoms with Crippen molar-refractivity contribution in [3.05, 3.63) is 53.1 Å². The van der Waals surface area contributed by atoms with Gasteiger partial charge in [0.2, 0.25) is 0 Å². The van der Waals surface area contributed by atoms with Gasteiger partial charge in [-0.1, -0.05) is 23.7 Å². The molecule has 144 valence electrons. The molecule has 0 radical (unpaired) electrons. The van der Waals surface area contributed by atoms with Crippen molar-refractivity contribution in [2.75, 3.05) is 5.01 Å². The van der Waals surface area contributed by atoms with Crippen LogP contribution >= 0.6 is 11.6 Å². The molecule has 29 heavy (non-hydrogen) atoms. The third-order valence-corrected chi connectivity index (χ3v) is 4.98. The number of carbonyl (C=O) groups is 2. The molecule has 0 N–H and O–H groups in total. The number of aldehydes is 1. The summed E-state index contributed by atoms with van der Waals surface area (Å²) in [4.78, 5) is 23.0. The summed E-state index contributed by atoms with van der Waals surface area (Å²) >= 11 is 6.05. The number of hydrogen-bond donors (Lipinski definition) is 0. The van der Waals surface area contributed by atoms with E-state index in [1.807, 2.05) is 0 Å². The van der Waals surface area contributed by atoms with Crippen LogP contribution in [0.5, 0.6) is 0 Å². The van der Waals surface area contributed by atoms with Crippen molar-refractivity contribution in [2.45, 2.75) is 17.9 Å². The van der Waals surface area contributed by atoms with E-state index in [4.69, 9.17) is 11.6 Å². The molecule has 2 aromatic carbocycles. The first-order valence-corrected chi connectivity index (χ1v) is 9.60. The van der Waals surface area contributed by atoms with Crippen molar-refractivity contribution in [3.63, 3.8) is 0 Å². The van der Waals surface area contributed by atoms with Crippen LogP contribution in [0.15, 0.2) is 62.7 Å². The van der Waals surface area contributed by atoms with Gasteiger partial charge in [-0.3, -0.25) is 9.59 Å². The van der Waals surface area contributed by atoms with Crippen LogP contribution in [0.25, 0.3) is 0 Å². The number of halogens is 1. The SMILES string of the molecule is CC1=NN(c2cc(S(=O)(=O)[O-])ccc2Cl)C(=O)C1N=Nc1cccc(C=O)c1.[Na+]. The molecular weight excluding hydrogens is 431 g/mol. The maximum absolute atomic E-state index is 12.7. The van der Waals surface area contributed by atoms with Crippen LogP contribution in [-0.2, 0) is 14.9 Å². The van der Waals surface area contributed by atoms with Gasteiger partial charge in [0.1, 0.15) is 16.4 Å². The molecule has 1 heterocycles. The van der Waals surface area contributed by atoms with Gasteiger partial charge in [-0.05, 0) is 37.3 Å². The molecular formula is C17H12ClN4NaO5S. The van der Waals surface area contributed by atoms with E-state index >= 15 is 0 Å². The minimum atomic E-state index is -4.73. The van der Waals surface area contributed by atoms with Crippen LogP contribution in [-0.4, -0.2) is 36.9 Å². The zero-order valence-corrected chi connectivity index (χ0v) is 18.9. The van der Waals surface area contributed by atoms with Crippen LogP contribution in [0.4, 0.5) is 11.4 Å². The molecule has 0 saturated heterocycles. The summed E-state index contributed by atoms with van der Waals surface area (Å²) in [6, 6.07) is 8.49. The largest absolute Gasteiger partial charge is 1.00 e. The van der Waals surface area contributed by atoms with Crippen molar-refractivity contribution in [1.29, 1.82) is 0 Å². The zero-order valence-electron chi connectivity index (χ0n) is 15.3. The second-order valence-corrected chi connectivity index (χ2v) is 7.58. The first-order chi connectivity index (χ1) is 13.2. The maximum atomic E-state index is 12.7. The number of rotatable bonds is 5. The Morgan fingerprint density at radius 3 is 2.62 bits per heavy atom. The van der Waals surface area contributed by atoms with Gasteiger partial charge in [0.25, 0.3) is 5.91 Å². The van der Waals surface area contributed by atoms with Gasteiger partial charge < -0.3 is 4.55 Å². The minimum absolute atomic E-state index is 0. The third-order valence-electron chi connectivity index (χ3n) is 3.83. The number of anilines is 1. The first kappa shape index (κ1) is 23.3. The Bertz CT molecular complexity index is 1140. The Morgan fingerprint density at radius 1 is 1.24 bits per heavy atom. The summed E-state index contributed by atoms with van der Waals surface area (Å²) < 4.78 is 33.7. The summed E-state index contributed by atoms with van der Waals surface area (Å²) in [7, 11) is -4.73. The van der Waals surface area contributed by atoms with E-state index in [0.717, 1.165) is 17.1 Å². The second-order valence-electron chi connectivity index (χ2n) is 5.79. The van der Waals surface area contributed by atoms with Crippen LogP contribution in [0.2, 0.25) is 5.02 Å². The minimum Gasteiger partial charge on any atom is -0.744 e. The van der Waals surface area contributed by atoms with Gasteiger partial charge >= 0.3 is 29.6 Å². The van der Waals surface area contributed by atoms with Gasteiger partial charge in [-0.15, -0.1) is 0 Å².